The molecular formula is C27H29ClF3N5O3. The summed E-state index contributed by atoms with van der Waals surface area (Å²) < 4.78 is 47.0. The Morgan fingerprint density at radius 2 is 1.67 bits per heavy atom. The summed E-state index contributed by atoms with van der Waals surface area (Å²) in [5, 5.41) is 8.29. The van der Waals surface area contributed by atoms with E-state index < -0.39 is 23.7 Å². The van der Waals surface area contributed by atoms with Gasteiger partial charge in [0.25, 0.3) is 0 Å². The Morgan fingerprint density at radius 1 is 0.974 bits per heavy atom. The van der Waals surface area contributed by atoms with Gasteiger partial charge in [0.05, 0.1) is 5.56 Å². The van der Waals surface area contributed by atoms with Crippen LogP contribution in [0.5, 0.6) is 11.5 Å². The molecule has 1 aliphatic rings. The van der Waals surface area contributed by atoms with E-state index in [1.807, 2.05) is 4.90 Å². The molecular weight excluding hydrogens is 535 g/mol. The zero-order valence-corrected chi connectivity index (χ0v) is 21.7. The summed E-state index contributed by atoms with van der Waals surface area (Å²) in [4.78, 5) is 25.8. The lowest BCUT2D eigenvalue weighted by Gasteiger charge is -2.28. The SMILES string of the molecule is Cl.NC(=O)c1cccc(Oc2cccc(CNC(=O)Nc3ccc(CN4CCNCC4)c(C(F)(F)F)c3)c2)c1. The molecule has 0 bridgehead atoms. The fourth-order valence-electron chi connectivity index (χ4n) is 4.09. The van der Waals surface area contributed by atoms with Gasteiger partial charge in [-0.05, 0) is 53.6 Å². The van der Waals surface area contributed by atoms with E-state index >= 15 is 0 Å². The van der Waals surface area contributed by atoms with Gasteiger partial charge in [0, 0.05) is 50.5 Å². The lowest BCUT2D eigenvalue weighted by Crippen LogP contribution is -2.43. The lowest BCUT2D eigenvalue weighted by atomic mass is 10.0. The first-order valence-corrected chi connectivity index (χ1v) is 12.0. The molecule has 5 N–H and O–H groups in total. The number of carbonyl (C=O) groups is 2. The van der Waals surface area contributed by atoms with Crippen LogP contribution in [0.1, 0.15) is 27.0 Å². The minimum atomic E-state index is -4.55. The Hall–Kier alpha value is -3.80. The highest BCUT2D eigenvalue weighted by Crippen LogP contribution is 2.34. The summed E-state index contributed by atoms with van der Waals surface area (Å²) >= 11 is 0. The maximum Gasteiger partial charge on any atom is 0.416 e. The number of primary amides is 1. The average Bonchev–Trinajstić information content (AvgIpc) is 2.89. The van der Waals surface area contributed by atoms with Crippen molar-refractivity contribution >= 4 is 30.0 Å². The number of benzene rings is 3. The van der Waals surface area contributed by atoms with Gasteiger partial charge in [0.2, 0.25) is 5.91 Å². The van der Waals surface area contributed by atoms with Crippen LogP contribution in [0, 0.1) is 0 Å². The minimum Gasteiger partial charge on any atom is -0.457 e. The van der Waals surface area contributed by atoms with Crippen LogP contribution in [0.3, 0.4) is 0 Å². The van der Waals surface area contributed by atoms with Crippen molar-refractivity contribution in [3.05, 3.63) is 89.0 Å². The molecule has 1 aliphatic heterocycles. The van der Waals surface area contributed by atoms with Gasteiger partial charge in [-0.2, -0.15) is 13.2 Å². The van der Waals surface area contributed by atoms with E-state index in [-0.39, 0.29) is 36.7 Å². The number of anilines is 1. The fourth-order valence-corrected chi connectivity index (χ4v) is 4.09. The molecule has 1 saturated heterocycles. The standard InChI is InChI=1S/C27H28F3N5O3.ClH/c28-27(29,30)24-15-21(8-7-20(24)17-35-11-9-32-10-12-35)34-26(37)33-16-18-3-1-5-22(13-18)38-23-6-2-4-19(14-23)25(31)36;/h1-8,13-15,32H,9-12,16-17H2,(H2,31,36)(H2,33,34,37);1H. The molecule has 39 heavy (non-hydrogen) atoms. The number of nitrogens with two attached hydrogens (primary N) is 1. The van der Waals surface area contributed by atoms with E-state index in [4.69, 9.17) is 10.5 Å². The first-order chi connectivity index (χ1) is 18.2. The minimum absolute atomic E-state index is 0. The molecule has 0 aromatic heterocycles. The van der Waals surface area contributed by atoms with Crippen molar-refractivity contribution in [1.82, 2.24) is 15.5 Å². The number of nitrogens with zero attached hydrogens (tertiary/aromatic N) is 1. The molecule has 12 heteroatoms. The van der Waals surface area contributed by atoms with Crippen molar-refractivity contribution in [2.45, 2.75) is 19.3 Å². The second-order valence-corrected chi connectivity index (χ2v) is 8.85. The van der Waals surface area contributed by atoms with Crippen LogP contribution in [0.4, 0.5) is 23.7 Å². The third-order valence-corrected chi connectivity index (χ3v) is 5.98. The number of hydrogen-bond donors (Lipinski definition) is 4. The van der Waals surface area contributed by atoms with Crippen LogP contribution < -0.4 is 26.4 Å². The predicted octanol–water partition coefficient (Wildman–Crippen LogP) is 4.75. The summed E-state index contributed by atoms with van der Waals surface area (Å²) in [5.74, 6) is 0.321. The molecule has 0 spiro atoms. The van der Waals surface area contributed by atoms with Crippen molar-refractivity contribution in [1.29, 1.82) is 0 Å². The van der Waals surface area contributed by atoms with Gasteiger partial charge in [0.1, 0.15) is 11.5 Å². The third kappa shape index (κ3) is 8.60. The van der Waals surface area contributed by atoms with E-state index in [1.165, 1.54) is 18.2 Å². The fraction of sp³-hybridized carbons (Fsp3) is 0.259. The van der Waals surface area contributed by atoms with Gasteiger partial charge in [-0.25, -0.2) is 4.79 Å². The van der Waals surface area contributed by atoms with Crippen LogP contribution in [-0.4, -0.2) is 43.0 Å². The smallest absolute Gasteiger partial charge is 0.416 e. The Labute approximate surface area is 230 Å². The highest BCUT2D eigenvalue weighted by atomic mass is 35.5. The van der Waals surface area contributed by atoms with Gasteiger partial charge in [-0.3, -0.25) is 9.69 Å². The highest BCUT2D eigenvalue weighted by molar-refractivity contribution is 5.93. The molecule has 0 atom stereocenters. The number of piperazine rings is 1. The topological polar surface area (TPSA) is 109 Å². The Kier molecular flexibility index (Phi) is 10.2. The van der Waals surface area contributed by atoms with Crippen molar-refractivity contribution in [2.24, 2.45) is 5.73 Å². The number of rotatable bonds is 8. The van der Waals surface area contributed by atoms with Crippen molar-refractivity contribution in [3.63, 3.8) is 0 Å². The molecule has 0 radical (unpaired) electrons. The number of nitrogens with one attached hydrogen (secondary N) is 3. The van der Waals surface area contributed by atoms with Gasteiger partial charge < -0.3 is 26.4 Å². The monoisotopic (exact) mass is 563 g/mol. The molecule has 0 aliphatic carbocycles. The summed E-state index contributed by atoms with van der Waals surface area (Å²) in [6, 6.07) is 16.5. The van der Waals surface area contributed by atoms with Crippen LogP contribution in [0.2, 0.25) is 0 Å². The summed E-state index contributed by atoms with van der Waals surface area (Å²) in [5.41, 5.74) is 5.76. The molecule has 8 nitrogen and oxygen atoms in total. The van der Waals surface area contributed by atoms with E-state index in [0.29, 0.717) is 35.7 Å². The van der Waals surface area contributed by atoms with E-state index in [2.05, 4.69) is 16.0 Å². The van der Waals surface area contributed by atoms with Gasteiger partial charge in [-0.1, -0.05) is 24.3 Å². The summed E-state index contributed by atoms with van der Waals surface area (Å²) in [7, 11) is 0. The molecule has 208 valence electrons. The number of urea groups is 1. The molecule has 0 saturated carbocycles. The summed E-state index contributed by atoms with van der Waals surface area (Å²) in [6.07, 6.45) is -4.55. The van der Waals surface area contributed by atoms with E-state index in [0.717, 1.165) is 19.2 Å². The molecule has 3 aromatic rings. The maximum atomic E-state index is 13.8. The molecule has 3 aromatic carbocycles. The molecule has 1 fully saturated rings. The number of alkyl halides is 3. The van der Waals surface area contributed by atoms with Gasteiger partial charge >= 0.3 is 12.2 Å². The van der Waals surface area contributed by atoms with Crippen LogP contribution in [0.25, 0.3) is 0 Å². The van der Waals surface area contributed by atoms with Gasteiger partial charge in [-0.15, -0.1) is 12.4 Å². The largest absolute Gasteiger partial charge is 0.457 e. The Bertz CT molecular complexity index is 1300. The van der Waals surface area contributed by atoms with Crippen LogP contribution in [0.15, 0.2) is 66.7 Å². The molecule has 4 rings (SSSR count). The molecule has 0 unspecified atom stereocenters. The third-order valence-electron chi connectivity index (χ3n) is 5.98. The number of hydrogen-bond acceptors (Lipinski definition) is 5. The van der Waals surface area contributed by atoms with Gasteiger partial charge in [0.15, 0.2) is 0 Å². The Balaban J connectivity index is 0.00000420. The Morgan fingerprint density at radius 3 is 2.36 bits per heavy atom. The first-order valence-electron chi connectivity index (χ1n) is 12.0. The zero-order chi connectivity index (χ0) is 27.1. The van der Waals surface area contributed by atoms with Crippen LogP contribution >= 0.6 is 12.4 Å². The van der Waals surface area contributed by atoms with Crippen molar-refractivity contribution in [2.75, 3.05) is 31.5 Å². The first kappa shape index (κ1) is 29.8. The molecule has 1 heterocycles. The quantitative estimate of drug-likeness (QED) is 0.316. The predicted molar refractivity (Wildman–Crippen MR) is 144 cm³/mol. The number of amides is 3. The van der Waals surface area contributed by atoms with E-state index in [1.54, 1.807) is 42.5 Å². The van der Waals surface area contributed by atoms with Crippen LogP contribution in [-0.2, 0) is 19.3 Å². The zero-order valence-electron chi connectivity index (χ0n) is 20.9. The maximum absolute atomic E-state index is 13.8. The number of halogens is 4. The van der Waals surface area contributed by atoms with Crippen molar-refractivity contribution < 1.29 is 27.5 Å². The van der Waals surface area contributed by atoms with E-state index in [9.17, 15) is 22.8 Å². The normalized spacial score (nSPS) is 13.7. The second-order valence-electron chi connectivity index (χ2n) is 8.85. The summed E-state index contributed by atoms with van der Waals surface area (Å²) in [6.45, 7) is 3.11. The number of carbonyl (C=O) groups excluding carboxylic acids is 2. The number of ether oxygens (including phenoxy) is 1. The van der Waals surface area contributed by atoms with Crippen molar-refractivity contribution in [3.8, 4) is 11.5 Å². The second kappa shape index (κ2) is 13.3. The lowest BCUT2D eigenvalue weighted by molar-refractivity contribution is -0.138. The highest BCUT2D eigenvalue weighted by Gasteiger charge is 2.34. The molecule has 3 amide bonds. The average molecular weight is 564 g/mol.